The first-order chi connectivity index (χ1) is 16.9. The fourth-order valence-corrected chi connectivity index (χ4v) is 4.72. The van der Waals surface area contributed by atoms with Crippen molar-refractivity contribution in [2.24, 2.45) is 0 Å². The van der Waals surface area contributed by atoms with Crippen LogP contribution in [0.2, 0.25) is 10.0 Å². The number of hydrogen-bond acceptors (Lipinski definition) is 5. The van der Waals surface area contributed by atoms with Gasteiger partial charge < -0.3 is 19.1 Å². The summed E-state index contributed by atoms with van der Waals surface area (Å²) >= 11 is 12.0. The van der Waals surface area contributed by atoms with Crippen molar-refractivity contribution in [3.8, 4) is 11.5 Å². The summed E-state index contributed by atoms with van der Waals surface area (Å²) in [5, 5.41) is 12.1. The highest BCUT2D eigenvalue weighted by atomic mass is 35.5. The summed E-state index contributed by atoms with van der Waals surface area (Å²) in [7, 11) is 0. The maximum Gasteiger partial charge on any atom is 0.121 e. The third-order valence-electron chi connectivity index (χ3n) is 6.43. The van der Waals surface area contributed by atoms with E-state index in [-0.39, 0.29) is 6.61 Å². The van der Waals surface area contributed by atoms with Gasteiger partial charge in [0.05, 0.1) is 22.2 Å². The van der Waals surface area contributed by atoms with Gasteiger partial charge in [0.25, 0.3) is 0 Å². The zero-order valence-electron chi connectivity index (χ0n) is 20.1. The molecule has 0 amide bonds. The predicted molar refractivity (Wildman–Crippen MR) is 140 cm³/mol. The molecule has 0 radical (unpaired) electrons. The van der Waals surface area contributed by atoms with Gasteiger partial charge in [-0.2, -0.15) is 0 Å². The molecule has 0 saturated carbocycles. The molecule has 0 bridgehead atoms. The van der Waals surface area contributed by atoms with Gasteiger partial charge in [0.1, 0.15) is 30.5 Å². The van der Waals surface area contributed by atoms with E-state index < -0.39 is 5.60 Å². The smallest absolute Gasteiger partial charge is 0.121 e. The second-order valence-electron chi connectivity index (χ2n) is 9.10. The molecule has 3 aromatic rings. The molecule has 35 heavy (non-hydrogen) atoms. The van der Waals surface area contributed by atoms with Crippen LogP contribution < -0.4 is 9.47 Å². The largest absolute Gasteiger partial charge is 0.492 e. The van der Waals surface area contributed by atoms with Gasteiger partial charge in [-0.15, -0.1) is 0 Å². The predicted octanol–water partition coefficient (Wildman–Crippen LogP) is 5.63. The minimum absolute atomic E-state index is 0.235. The summed E-state index contributed by atoms with van der Waals surface area (Å²) in [5.74, 6) is 2.57. The number of rotatable bonds is 10. The molecule has 0 spiro atoms. The summed E-state index contributed by atoms with van der Waals surface area (Å²) in [6, 6.07) is 13.4. The highest BCUT2D eigenvalue weighted by Crippen LogP contribution is 2.29. The Morgan fingerprint density at radius 3 is 2.71 bits per heavy atom. The van der Waals surface area contributed by atoms with Crippen LogP contribution in [-0.2, 0) is 19.5 Å². The molecule has 0 aliphatic carbocycles. The van der Waals surface area contributed by atoms with E-state index in [2.05, 4.69) is 33.5 Å². The van der Waals surface area contributed by atoms with Crippen molar-refractivity contribution in [2.75, 3.05) is 26.3 Å². The molecule has 1 fully saturated rings. The fourth-order valence-electron chi connectivity index (χ4n) is 4.43. The summed E-state index contributed by atoms with van der Waals surface area (Å²) in [5.41, 5.74) is 0.341. The van der Waals surface area contributed by atoms with Crippen LogP contribution >= 0.6 is 23.2 Å². The van der Waals surface area contributed by atoms with E-state index >= 15 is 0 Å². The molecule has 188 valence electrons. The summed E-state index contributed by atoms with van der Waals surface area (Å²) < 4.78 is 14.0. The highest BCUT2D eigenvalue weighted by Gasteiger charge is 2.31. The van der Waals surface area contributed by atoms with E-state index in [1.807, 2.05) is 24.5 Å². The van der Waals surface area contributed by atoms with Crippen molar-refractivity contribution in [1.82, 2.24) is 14.5 Å². The van der Waals surface area contributed by atoms with E-state index in [0.29, 0.717) is 35.2 Å². The number of aliphatic hydroxyl groups is 1. The van der Waals surface area contributed by atoms with Crippen molar-refractivity contribution in [2.45, 2.75) is 51.3 Å². The summed E-state index contributed by atoms with van der Waals surface area (Å²) in [4.78, 5) is 6.74. The molecule has 1 N–H and O–H groups in total. The van der Waals surface area contributed by atoms with Gasteiger partial charge in [0, 0.05) is 38.0 Å². The van der Waals surface area contributed by atoms with Gasteiger partial charge >= 0.3 is 0 Å². The lowest BCUT2D eigenvalue weighted by Gasteiger charge is -2.27. The van der Waals surface area contributed by atoms with E-state index in [4.69, 9.17) is 32.7 Å². The number of imidazole rings is 1. The lowest BCUT2D eigenvalue weighted by Crippen LogP contribution is -2.37. The molecular formula is C27H33Cl2N3O3. The molecule has 1 saturated heterocycles. The number of likely N-dealkylation sites (tertiary alicyclic amines) is 1. The van der Waals surface area contributed by atoms with Crippen molar-refractivity contribution >= 4 is 23.2 Å². The topological polar surface area (TPSA) is 59.8 Å². The minimum atomic E-state index is -0.865. The Labute approximate surface area is 217 Å². The summed E-state index contributed by atoms with van der Waals surface area (Å²) in [6.07, 6.45) is 6.99. The molecule has 2 aromatic carbocycles. The Hall–Kier alpha value is -2.25. The van der Waals surface area contributed by atoms with Crippen LogP contribution in [0.3, 0.4) is 0 Å². The Balaban J connectivity index is 1.26. The molecule has 1 aliphatic heterocycles. The van der Waals surface area contributed by atoms with Gasteiger partial charge in [0.2, 0.25) is 0 Å². The highest BCUT2D eigenvalue weighted by molar-refractivity contribution is 6.42. The molecule has 1 aliphatic rings. The van der Waals surface area contributed by atoms with Crippen LogP contribution in [0.25, 0.3) is 0 Å². The number of benzene rings is 2. The summed E-state index contributed by atoms with van der Waals surface area (Å²) in [6.45, 7) is 6.27. The lowest BCUT2D eigenvalue weighted by atomic mass is 9.96. The van der Waals surface area contributed by atoms with E-state index in [1.54, 1.807) is 18.2 Å². The number of halogens is 2. The van der Waals surface area contributed by atoms with Gasteiger partial charge in [-0.1, -0.05) is 42.3 Å². The zero-order valence-corrected chi connectivity index (χ0v) is 21.6. The van der Waals surface area contributed by atoms with E-state index in [0.717, 1.165) is 50.6 Å². The van der Waals surface area contributed by atoms with Crippen LogP contribution in [0.15, 0.2) is 54.9 Å². The molecule has 8 heteroatoms. The van der Waals surface area contributed by atoms with Crippen molar-refractivity contribution in [3.63, 3.8) is 0 Å². The SMILES string of the molecule is CCc1nccn1CCOc1cccc(CN2CCCC(O)(COc3ccc(Cl)c(Cl)c3)CC2)c1. The normalized spacial score (nSPS) is 18.9. The van der Waals surface area contributed by atoms with Crippen molar-refractivity contribution < 1.29 is 14.6 Å². The third kappa shape index (κ3) is 7.37. The Morgan fingerprint density at radius 2 is 1.89 bits per heavy atom. The molecule has 6 nitrogen and oxygen atoms in total. The maximum atomic E-state index is 11.1. The minimum Gasteiger partial charge on any atom is -0.492 e. The number of aryl methyl sites for hydroxylation is 1. The standard InChI is InChI=1S/C27H33Cl2N3O3/c1-2-26-30-11-14-32(26)15-16-34-22-6-3-5-21(17-22)19-31-12-4-9-27(33,10-13-31)20-35-23-7-8-24(28)25(29)18-23/h3,5-8,11,14,17-18,33H,2,4,9-10,12-13,15-16,19-20H2,1H3. The number of ether oxygens (including phenoxy) is 2. The van der Waals surface area contributed by atoms with E-state index in [1.165, 1.54) is 5.56 Å². The molecule has 1 unspecified atom stereocenters. The zero-order chi connectivity index (χ0) is 24.7. The Bertz CT molecular complexity index is 1110. The Morgan fingerprint density at radius 1 is 1.03 bits per heavy atom. The fraction of sp³-hybridized carbons (Fsp3) is 0.444. The molecule has 1 atom stereocenters. The molecule has 2 heterocycles. The average molecular weight is 518 g/mol. The first-order valence-electron chi connectivity index (χ1n) is 12.2. The maximum absolute atomic E-state index is 11.1. The van der Waals surface area contributed by atoms with Crippen LogP contribution in [0.4, 0.5) is 0 Å². The van der Waals surface area contributed by atoms with Crippen molar-refractivity contribution in [1.29, 1.82) is 0 Å². The second kappa shape index (κ2) is 12.1. The van der Waals surface area contributed by atoms with Crippen LogP contribution in [0, 0.1) is 0 Å². The first-order valence-corrected chi connectivity index (χ1v) is 12.9. The quantitative estimate of drug-likeness (QED) is 0.377. The first kappa shape index (κ1) is 25.8. The van der Waals surface area contributed by atoms with Gasteiger partial charge in [-0.05, 0) is 55.6 Å². The lowest BCUT2D eigenvalue weighted by molar-refractivity contribution is -0.0168. The van der Waals surface area contributed by atoms with Crippen LogP contribution in [-0.4, -0.2) is 51.5 Å². The van der Waals surface area contributed by atoms with Gasteiger partial charge in [-0.25, -0.2) is 4.98 Å². The number of aromatic nitrogens is 2. The van der Waals surface area contributed by atoms with Crippen molar-refractivity contribution in [3.05, 3.63) is 76.3 Å². The molecule has 4 rings (SSSR count). The monoisotopic (exact) mass is 517 g/mol. The number of hydrogen-bond donors (Lipinski definition) is 1. The Kier molecular flexibility index (Phi) is 8.95. The third-order valence-corrected chi connectivity index (χ3v) is 7.17. The molecular weight excluding hydrogens is 485 g/mol. The van der Waals surface area contributed by atoms with Gasteiger partial charge in [0.15, 0.2) is 0 Å². The second-order valence-corrected chi connectivity index (χ2v) is 9.92. The van der Waals surface area contributed by atoms with Crippen LogP contribution in [0.5, 0.6) is 11.5 Å². The van der Waals surface area contributed by atoms with Crippen LogP contribution in [0.1, 0.15) is 37.6 Å². The van der Waals surface area contributed by atoms with Gasteiger partial charge in [-0.3, -0.25) is 4.90 Å². The average Bonchev–Trinajstić information content (AvgIpc) is 3.23. The molecule has 1 aromatic heterocycles. The number of nitrogens with zero attached hydrogens (tertiary/aromatic N) is 3. The van der Waals surface area contributed by atoms with E-state index in [9.17, 15) is 5.11 Å².